The van der Waals surface area contributed by atoms with Gasteiger partial charge in [0.2, 0.25) is 0 Å². The standard InChI is InChI=1S/C26H30N4O/c1-17(2)25-24-21(20-12-8-9-13-23(20)27-24)14-15-29(25)16-22-18(3)28(4)30(26(22)31)19-10-6-5-7-11-19/h5-13,17,25,27H,14-16H2,1-4H3. The maximum atomic E-state index is 13.5. The van der Waals surface area contributed by atoms with Gasteiger partial charge >= 0.3 is 0 Å². The lowest BCUT2D eigenvalue weighted by Crippen LogP contribution is -2.38. The van der Waals surface area contributed by atoms with E-state index in [1.54, 1.807) is 4.68 Å². The monoisotopic (exact) mass is 414 g/mol. The molecule has 160 valence electrons. The van der Waals surface area contributed by atoms with Gasteiger partial charge in [-0.1, -0.05) is 50.2 Å². The molecule has 5 heteroatoms. The molecule has 1 unspecified atom stereocenters. The highest BCUT2D eigenvalue weighted by Crippen LogP contribution is 2.39. The fraction of sp³-hybridized carbons (Fsp3) is 0.346. The first-order valence-electron chi connectivity index (χ1n) is 11.1. The van der Waals surface area contributed by atoms with Gasteiger partial charge in [-0.05, 0) is 43.0 Å². The average Bonchev–Trinajstić information content (AvgIpc) is 3.24. The van der Waals surface area contributed by atoms with Gasteiger partial charge in [0.1, 0.15) is 0 Å². The highest BCUT2D eigenvalue weighted by Gasteiger charge is 2.33. The van der Waals surface area contributed by atoms with Gasteiger partial charge in [0, 0.05) is 42.4 Å². The summed E-state index contributed by atoms with van der Waals surface area (Å²) in [6.45, 7) is 8.22. The van der Waals surface area contributed by atoms with E-state index in [1.165, 1.54) is 22.2 Å². The molecule has 1 N–H and O–H groups in total. The summed E-state index contributed by atoms with van der Waals surface area (Å²) in [4.78, 5) is 19.6. The molecule has 1 atom stereocenters. The second-order valence-corrected chi connectivity index (χ2v) is 9.01. The van der Waals surface area contributed by atoms with Gasteiger partial charge in [-0.2, -0.15) is 0 Å². The van der Waals surface area contributed by atoms with Crippen LogP contribution in [-0.2, 0) is 20.0 Å². The van der Waals surface area contributed by atoms with E-state index < -0.39 is 0 Å². The first-order valence-corrected chi connectivity index (χ1v) is 11.1. The number of hydrogen-bond donors (Lipinski definition) is 1. The van der Waals surface area contributed by atoms with E-state index in [0.29, 0.717) is 12.5 Å². The van der Waals surface area contributed by atoms with Gasteiger partial charge < -0.3 is 4.98 Å². The van der Waals surface area contributed by atoms with Crippen molar-refractivity contribution in [1.82, 2.24) is 19.2 Å². The van der Waals surface area contributed by atoms with E-state index in [2.05, 4.69) is 54.9 Å². The summed E-state index contributed by atoms with van der Waals surface area (Å²) < 4.78 is 3.77. The zero-order valence-corrected chi connectivity index (χ0v) is 18.7. The van der Waals surface area contributed by atoms with Crippen molar-refractivity contribution < 1.29 is 0 Å². The number of rotatable bonds is 4. The molecule has 0 fully saturated rings. The number of para-hydroxylation sites is 2. The van der Waals surface area contributed by atoms with Crippen LogP contribution in [0.1, 0.15) is 42.4 Å². The second kappa shape index (κ2) is 7.57. The summed E-state index contributed by atoms with van der Waals surface area (Å²) in [5.74, 6) is 0.437. The average molecular weight is 415 g/mol. The molecule has 2 aromatic carbocycles. The summed E-state index contributed by atoms with van der Waals surface area (Å²) in [6, 6.07) is 18.7. The second-order valence-electron chi connectivity index (χ2n) is 9.01. The fourth-order valence-corrected chi connectivity index (χ4v) is 5.26. The Bertz CT molecular complexity index is 1290. The number of benzene rings is 2. The van der Waals surface area contributed by atoms with Crippen LogP contribution < -0.4 is 5.56 Å². The Kier molecular flexibility index (Phi) is 4.86. The third-order valence-corrected chi connectivity index (χ3v) is 6.85. The van der Waals surface area contributed by atoms with Crippen LogP contribution in [-0.4, -0.2) is 25.8 Å². The largest absolute Gasteiger partial charge is 0.357 e. The number of nitrogens with zero attached hydrogens (tertiary/aromatic N) is 3. The van der Waals surface area contributed by atoms with Gasteiger partial charge in [0.15, 0.2) is 0 Å². The Balaban J connectivity index is 1.55. The van der Waals surface area contributed by atoms with Crippen molar-refractivity contribution in [2.45, 2.75) is 39.8 Å². The predicted molar refractivity (Wildman–Crippen MR) is 126 cm³/mol. The summed E-state index contributed by atoms with van der Waals surface area (Å²) in [5, 5.41) is 1.34. The van der Waals surface area contributed by atoms with Gasteiger partial charge in [-0.25, -0.2) is 4.68 Å². The summed E-state index contributed by atoms with van der Waals surface area (Å²) in [5.41, 5.74) is 6.87. The third kappa shape index (κ3) is 3.15. The van der Waals surface area contributed by atoms with Crippen LogP contribution in [0.3, 0.4) is 0 Å². The number of aromatic nitrogens is 3. The van der Waals surface area contributed by atoms with E-state index in [9.17, 15) is 4.79 Å². The Labute approximate surface area is 182 Å². The first-order chi connectivity index (χ1) is 15.0. The van der Waals surface area contributed by atoms with Crippen LogP contribution in [0.5, 0.6) is 0 Å². The van der Waals surface area contributed by atoms with Crippen molar-refractivity contribution in [3.8, 4) is 5.69 Å². The minimum absolute atomic E-state index is 0.0798. The molecule has 0 spiro atoms. The SMILES string of the molecule is Cc1c(CN2CCc3c([nH]c4ccccc34)C2C(C)C)c(=O)n(-c2ccccc2)n1C. The topological polar surface area (TPSA) is 46.0 Å². The molecule has 3 heterocycles. The van der Waals surface area contributed by atoms with E-state index >= 15 is 0 Å². The summed E-state index contributed by atoms with van der Waals surface area (Å²) in [7, 11) is 1.97. The van der Waals surface area contributed by atoms with E-state index in [0.717, 1.165) is 29.9 Å². The Morgan fingerprint density at radius 2 is 1.77 bits per heavy atom. The summed E-state index contributed by atoms with van der Waals surface area (Å²) in [6.07, 6.45) is 1.00. The lowest BCUT2D eigenvalue weighted by atomic mass is 9.90. The Morgan fingerprint density at radius 1 is 1.06 bits per heavy atom. The van der Waals surface area contributed by atoms with Gasteiger partial charge in [-0.3, -0.25) is 14.4 Å². The van der Waals surface area contributed by atoms with Crippen molar-refractivity contribution in [3.05, 3.63) is 87.5 Å². The van der Waals surface area contributed by atoms with Crippen LogP contribution >= 0.6 is 0 Å². The van der Waals surface area contributed by atoms with E-state index in [1.807, 2.05) is 42.1 Å². The molecule has 0 radical (unpaired) electrons. The number of hydrogen-bond acceptors (Lipinski definition) is 2. The molecule has 0 aliphatic carbocycles. The molecule has 2 aromatic heterocycles. The molecule has 0 saturated carbocycles. The Hall–Kier alpha value is -3.05. The van der Waals surface area contributed by atoms with Crippen molar-refractivity contribution in [2.75, 3.05) is 6.54 Å². The smallest absolute Gasteiger partial charge is 0.276 e. The van der Waals surface area contributed by atoms with Crippen LogP contribution in [0.25, 0.3) is 16.6 Å². The van der Waals surface area contributed by atoms with Crippen molar-refractivity contribution in [1.29, 1.82) is 0 Å². The van der Waals surface area contributed by atoms with Crippen LogP contribution in [0.4, 0.5) is 0 Å². The molecule has 1 aliphatic rings. The molecule has 0 amide bonds. The predicted octanol–water partition coefficient (Wildman–Crippen LogP) is 4.72. The molecule has 4 aromatic rings. The van der Waals surface area contributed by atoms with Crippen molar-refractivity contribution in [3.63, 3.8) is 0 Å². The normalized spacial score (nSPS) is 16.9. The molecule has 0 bridgehead atoms. The molecular formula is C26H30N4O. The molecule has 31 heavy (non-hydrogen) atoms. The van der Waals surface area contributed by atoms with Crippen LogP contribution in [0.15, 0.2) is 59.4 Å². The summed E-state index contributed by atoms with van der Waals surface area (Å²) >= 11 is 0. The highest BCUT2D eigenvalue weighted by molar-refractivity contribution is 5.85. The van der Waals surface area contributed by atoms with Gasteiger partial charge in [0.25, 0.3) is 5.56 Å². The number of nitrogens with one attached hydrogen (secondary N) is 1. The molecule has 0 saturated heterocycles. The van der Waals surface area contributed by atoms with Gasteiger partial charge in [-0.15, -0.1) is 0 Å². The lowest BCUT2D eigenvalue weighted by Gasteiger charge is -2.38. The lowest BCUT2D eigenvalue weighted by molar-refractivity contribution is 0.132. The van der Waals surface area contributed by atoms with E-state index in [-0.39, 0.29) is 11.6 Å². The first kappa shape index (κ1) is 19.9. The number of fused-ring (bicyclic) bond motifs is 3. The van der Waals surface area contributed by atoms with Crippen LogP contribution in [0.2, 0.25) is 0 Å². The molecular weight excluding hydrogens is 384 g/mol. The highest BCUT2D eigenvalue weighted by atomic mass is 16.1. The molecule has 5 nitrogen and oxygen atoms in total. The Morgan fingerprint density at radius 3 is 2.52 bits per heavy atom. The third-order valence-electron chi connectivity index (χ3n) is 6.85. The number of aromatic amines is 1. The van der Waals surface area contributed by atoms with E-state index in [4.69, 9.17) is 0 Å². The van der Waals surface area contributed by atoms with Crippen molar-refractivity contribution in [2.24, 2.45) is 13.0 Å². The zero-order chi connectivity index (χ0) is 21.7. The molecule has 1 aliphatic heterocycles. The van der Waals surface area contributed by atoms with Gasteiger partial charge in [0.05, 0.1) is 17.3 Å². The maximum Gasteiger partial charge on any atom is 0.276 e. The zero-order valence-electron chi connectivity index (χ0n) is 18.7. The van der Waals surface area contributed by atoms with Crippen molar-refractivity contribution >= 4 is 10.9 Å². The fourth-order valence-electron chi connectivity index (χ4n) is 5.26. The maximum absolute atomic E-state index is 13.5. The molecule has 5 rings (SSSR count). The quantitative estimate of drug-likeness (QED) is 0.525. The van der Waals surface area contributed by atoms with Crippen LogP contribution in [0, 0.1) is 12.8 Å². The minimum atomic E-state index is 0.0798. The number of H-pyrrole nitrogens is 1. The minimum Gasteiger partial charge on any atom is -0.357 e.